The first-order chi connectivity index (χ1) is 23.9. The molecule has 242 valence electrons. The second kappa shape index (κ2) is 14.5. The molecule has 0 aliphatic rings. The van der Waals surface area contributed by atoms with Gasteiger partial charge >= 0.3 is 0 Å². The van der Waals surface area contributed by atoms with E-state index in [1.165, 1.54) is 119 Å². The zero-order valence-corrected chi connectivity index (χ0v) is 29.1. The van der Waals surface area contributed by atoms with E-state index in [1.54, 1.807) is 22.7 Å². The fourth-order valence-corrected chi connectivity index (χ4v) is 8.92. The van der Waals surface area contributed by atoms with Crippen LogP contribution >= 0.6 is 22.7 Å². The molecule has 4 nitrogen and oxygen atoms in total. The first kappa shape index (κ1) is 31.0. The Morgan fingerprint density at radius 1 is 0.438 bits per heavy atom. The van der Waals surface area contributed by atoms with Crippen LogP contribution in [0.25, 0.3) is 66.1 Å². The van der Waals surface area contributed by atoms with Gasteiger partial charge in [0.25, 0.3) is 0 Å². The number of fused-ring (bicyclic) bond motifs is 6. The van der Waals surface area contributed by atoms with E-state index in [0.29, 0.717) is 0 Å². The molecule has 0 radical (unpaired) electrons. The molecular weight excluding hydrogens is 625 g/mol. The highest BCUT2D eigenvalue weighted by Crippen LogP contribution is 2.37. The van der Waals surface area contributed by atoms with Crippen molar-refractivity contribution >= 4 is 66.3 Å². The zero-order chi connectivity index (χ0) is 32.1. The predicted molar refractivity (Wildman–Crippen MR) is 207 cm³/mol. The molecule has 0 amide bonds. The van der Waals surface area contributed by atoms with Crippen LogP contribution in [0, 0.1) is 0 Å². The van der Waals surface area contributed by atoms with Gasteiger partial charge in [0.15, 0.2) is 0 Å². The van der Waals surface area contributed by atoms with Crippen molar-refractivity contribution in [2.75, 3.05) is 0 Å². The van der Waals surface area contributed by atoms with Crippen LogP contribution in [-0.4, -0.2) is 19.1 Å². The molecule has 8 aromatic rings. The molecule has 0 saturated heterocycles. The lowest BCUT2D eigenvalue weighted by atomic mass is 10.1. The third-order valence-corrected chi connectivity index (χ3v) is 11.3. The fraction of sp³-hybridized carbons (Fsp3) is 0.286. The minimum absolute atomic E-state index is 1.05. The summed E-state index contributed by atoms with van der Waals surface area (Å²) in [5.74, 6) is 0. The van der Waals surface area contributed by atoms with Gasteiger partial charge in [0.1, 0.15) is 0 Å². The van der Waals surface area contributed by atoms with Gasteiger partial charge in [0, 0.05) is 79.9 Å². The number of benzene rings is 2. The van der Waals surface area contributed by atoms with Crippen molar-refractivity contribution in [2.45, 2.75) is 77.3 Å². The first-order valence-corrected chi connectivity index (χ1v) is 19.5. The van der Waals surface area contributed by atoms with E-state index in [4.69, 9.17) is 9.97 Å². The number of aromatic nitrogens is 4. The maximum Gasteiger partial charge on any atom is 0.0953 e. The van der Waals surface area contributed by atoms with Crippen molar-refractivity contribution in [3.63, 3.8) is 0 Å². The molecule has 0 spiro atoms. The first-order valence-electron chi connectivity index (χ1n) is 17.7. The van der Waals surface area contributed by atoms with Gasteiger partial charge in [-0.2, -0.15) is 22.7 Å². The van der Waals surface area contributed by atoms with Crippen LogP contribution in [0.4, 0.5) is 0 Å². The third kappa shape index (κ3) is 6.08. The van der Waals surface area contributed by atoms with Gasteiger partial charge in [-0.3, -0.25) is 9.97 Å². The van der Waals surface area contributed by atoms with E-state index >= 15 is 0 Å². The van der Waals surface area contributed by atoms with E-state index in [1.807, 2.05) is 12.4 Å². The monoisotopic (exact) mass is 666 g/mol. The van der Waals surface area contributed by atoms with Crippen LogP contribution in [-0.2, 0) is 13.1 Å². The summed E-state index contributed by atoms with van der Waals surface area (Å²) in [4.78, 5) is 9.68. The summed E-state index contributed by atoms with van der Waals surface area (Å²) in [5.41, 5.74) is 9.90. The van der Waals surface area contributed by atoms with Gasteiger partial charge in [-0.25, -0.2) is 0 Å². The fourth-order valence-electron chi connectivity index (χ4n) is 7.64. The van der Waals surface area contributed by atoms with Gasteiger partial charge < -0.3 is 9.13 Å². The zero-order valence-electron chi connectivity index (χ0n) is 27.5. The number of unbranched alkanes of at least 4 members (excludes halogenated alkanes) is 9. The molecule has 0 aliphatic carbocycles. The van der Waals surface area contributed by atoms with Gasteiger partial charge in [-0.15, -0.1) is 0 Å². The summed E-state index contributed by atoms with van der Waals surface area (Å²) in [5, 5.41) is 14.0. The molecule has 0 unspecified atom stereocenters. The van der Waals surface area contributed by atoms with Gasteiger partial charge in [0.05, 0.1) is 22.4 Å². The topological polar surface area (TPSA) is 35.6 Å². The Kier molecular flexibility index (Phi) is 9.35. The van der Waals surface area contributed by atoms with E-state index in [2.05, 4.69) is 103 Å². The highest BCUT2D eigenvalue weighted by atomic mass is 32.1. The maximum absolute atomic E-state index is 4.84. The van der Waals surface area contributed by atoms with Crippen LogP contribution in [0.15, 0.2) is 107 Å². The average Bonchev–Trinajstić information content (AvgIpc) is 3.96. The molecule has 0 N–H and O–H groups in total. The summed E-state index contributed by atoms with van der Waals surface area (Å²) in [6.45, 7) is 2.09. The van der Waals surface area contributed by atoms with Crippen molar-refractivity contribution < 1.29 is 0 Å². The Bertz CT molecular complexity index is 2090. The minimum Gasteiger partial charge on any atom is -0.339 e. The summed E-state index contributed by atoms with van der Waals surface area (Å²) in [7, 11) is 0. The second-order valence-electron chi connectivity index (χ2n) is 13.0. The van der Waals surface area contributed by atoms with Crippen LogP contribution in [0.5, 0.6) is 0 Å². The SMILES string of the molecule is c1ccc2c(c1)c1ccnc(-c3ccsc3)c1n2CCCCCCCCCCCCn1c2ccccc2c2ccnc(-c3ccsc3)c21. The largest absolute Gasteiger partial charge is 0.339 e. The standard InChI is InChI=1S/C42H42N4S2/c1(3-5-7-13-25-45-37-17-11-9-15-33(37)35-19-23-43-39(41(35)45)31-21-27-47-29-31)2-4-6-8-14-26-46-38-18-12-10-16-34(38)36-20-24-44-40(42(36)46)32-22-28-48-30-32/h9-12,15-24,27-30H,1-8,13-14,25-26H2. The molecule has 0 saturated carbocycles. The van der Waals surface area contributed by atoms with Crippen molar-refractivity contribution in [3.05, 3.63) is 107 Å². The van der Waals surface area contributed by atoms with Crippen LogP contribution in [0.2, 0.25) is 0 Å². The van der Waals surface area contributed by atoms with E-state index in [-0.39, 0.29) is 0 Å². The Morgan fingerprint density at radius 2 is 0.854 bits per heavy atom. The van der Waals surface area contributed by atoms with E-state index < -0.39 is 0 Å². The Labute approximate surface area is 290 Å². The molecule has 6 heterocycles. The highest BCUT2D eigenvalue weighted by molar-refractivity contribution is 7.08. The minimum atomic E-state index is 1.05. The molecule has 2 aromatic carbocycles. The second-order valence-corrected chi connectivity index (χ2v) is 14.6. The Hall–Kier alpha value is -4.26. The number of para-hydroxylation sites is 2. The van der Waals surface area contributed by atoms with Crippen molar-refractivity contribution in [1.82, 2.24) is 19.1 Å². The molecule has 0 fully saturated rings. The lowest BCUT2D eigenvalue weighted by Gasteiger charge is -2.10. The number of aryl methyl sites for hydroxylation is 2. The van der Waals surface area contributed by atoms with E-state index in [0.717, 1.165) is 24.5 Å². The Morgan fingerprint density at radius 3 is 1.27 bits per heavy atom. The molecule has 6 heteroatoms. The average molecular weight is 667 g/mol. The van der Waals surface area contributed by atoms with Crippen molar-refractivity contribution in [1.29, 1.82) is 0 Å². The number of rotatable bonds is 15. The predicted octanol–water partition coefficient (Wildman–Crippen LogP) is 12.8. The van der Waals surface area contributed by atoms with Crippen molar-refractivity contribution in [3.8, 4) is 22.5 Å². The van der Waals surface area contributed by atoms with Gasteiger partial charge in [-0.05, 0) is 60.0 Å². The quantitative estimate of drug-likeness (QED) is 0.102. The number of pyridine rings is 2. The molecule has 8 rings (SSSR count). The molecule has 6 aromatic heterocycles. The highest BCUT2D eigenvalue weighted by Gasteiger charge is 2.17. The summed E-state index contributed by atoms with van der Waals surface area (Å²) in [6, 6.07) is 26.5. The lowest BCUT2D eigenvalue weighted by molar-refractivity contribution is 0.529. The van der Waals surface area contributed by atoms with Crippen molar-refractivity contribution in [2.24, 2.45) is 0 Å². The molecular formula is C42H42N4S2. The van der Waals surface area contributed by atoms with Crippen LogP contribution < -0.4 is 0 Å². The normalized spacial score (nSPS) is 11.9. The van der Waals surface area contributed by atoms with Crippen LogP contribution in [0.3, 0.4) is 0 Å². The summed E-state index contributed by atoms with van der Waals surface area (Å²) < 4.78 is 5.06. The lowest BCUT2D eigenvalue weighted by Crippen LogP contribution is -2.00. The number of thiophene rings is 2. The molecule has 0 bridgehead atoms. The molecule has 0 atom stereocenters. The third-order valence-electron chi connectivity index (χ3n) is 9.96. The van der Waals surface area contributed by atoms with Gasteiger partial charge in [-0.1, -0.05) is 87.8 Å². The maximum atomic E-state index is 4.84. The summed E-state index contributed by atoms with van der Waals surface area (Å²) in [6.07, 6.45) is 16.9. The number of nitrogens with zero attached hydrogens (tertiary/aromatic N) is 4. The van der Waals surface area contributed by atoms with Crippen LogP contribution in [0.1, 0.15) is 64.2 Å². The van der Waals surface area contributed by atoms with E-state index in [9.17, 15) is 0 Å². The smallest absolute Gasteiger partial charge is 0.0953 e. The number of hydrogen-bond acceptors (Lipinski definition) is 4. The van der Waals surface area contributed by atoms with Gasteiger partial charge in [0.2, 0.25) is 0 Å². The Balaban J connectivity index is 0.803. The summed E-state index contributed by atoms with van der Waals surface area (Å²) >= 11 is 3.48. The molecule has 48 heavy (non-hydrogen) atoms. The molecule has 0 aliphatic heterocycles. The number of hydrogen-bond donors (Lipinski definition) is 0.